The highest BCUT2D eigenvalue weighted by Crippen LogP contribution is 2.33. The zero-order valence-corrected chi connectivity index (χ0v) is 14.4. The van der Waals surface area contributed by atoms with E-state index in [0.29, 0.717) is 36.7 Å². The number of carbonyl (C=O) groups is 2. The number of pyridine rings is 1. The number of nitrogens with zero attached hydrogens (tertiary/aromatic N) is 2. The predicted molar refractivity (Wildman–Crippen MR) is 93.7 cm³/mol. The number of fused-ring (bicyclic) bond motifs is 1. The molecule has 7 heteroatoms. The van der Waals surface area contributed by atoms with Gasteiger partial charge in [-0.2, -0.15) is 0 Å². The third kappa shape index (κ3) is 3.20. The Kier molecular flexibility index (Phi) is 4.20. The van der Waals surface area contributed by atoms with E-state index in [9.17, 15) is 9.59 Å². The molecule has 7 nitrogen and oxygen atoms in total. The van der Waals surface area contributed by atoms with E-state index >= 15 is 0 Å². The first-order valence-electron chi connectivity index (χ1n) is 8.52. The number of likely N-dealkylation sites (tertiary alicyclic amines) is 1. The van der Waals surface area contributed by atoms with Gasteiger partial charge in [0.05, 0.1) is 0 Å². The number of anilines is 1. The third-order valence-electron chi connectivity index (χ3n) is 4.59. The summed E-state index contributed by atoms with van der Waals surface area (Å²) in [5.41, 5.74) is 1.91. The molecule has 2 aromatic rings. The maximum absolute atomic E-state index is 12.7. The predicted octanol–water partition coefficient (Wildman–Crippen LogP) is 2.25. The van der Waals surface area contributed by atoms with Gasteiger partial charge in [-0.3, -0.25) is 9.59 Å². The average molecular weight is 353 g/mol. The molecule has 1 aromatic carbocycles. The molecule has 1 aromatic heterocycles. The van der Waals surface area contributed by atoms with Crippen molar-refractivity contribution in [2.24, 2.45) is 0 Å². The van der Waals surface area contributed by atoms with Crippen LogP contribution in [0.15, 0.2) is 36.5 Å². The summed E-state index contributed by atoms with van der Waals surface area (Å²) in [4.78, 5) is 30.7. The Morgan fingerprint density at radius 1 is 1.27 bits per heavy atom. The molecule has 134 valence electrons. The lowest BCUT2D eigenvalue weighted by atomic mass is 10.1. The van der Waals surface area contributed by atoms with Crippen LogP contribution in [-0.2, 0) is 16.1 Å². The lowest BCUT2D eigenvalue weighted by molar-refractivity contribution is -0.133. The smallest absolute Gasteiger partial charge is 0.248 e. The van der Waals surface area contributed by atoms with Crippen molar-refractivity contribution in [3.63, 3.8) is 0 Å². The van der Waals surface area contributed by atoms with E-state index in [1.54, 1.807) is 17.2 Å². The van der Waals surface area contributed by atoms with Gasteiger partial charge in [0.1, 0.15) is 11.9 Å². The Labute approximate surface area is 150 Å². The molecular formula is C19H19N3O4. The van der Waals surface area contributed by atoms with Crippen LogP contribution < -0.4 is 14.8 Å². The normalized spacial score (nSPS) is 18.3. The molecule has 1 fully saturated rings. The van der Waals surface area contributed by atoms with Gasteiger partial charge in [0.25, 0.3) is 0 Å². The Hall–Kier alpha value is -3.09. The molecule has 26 heavy (non-hydrogen) atoms. The molecule has 0 saturated carbocycles. The molecule has 0 bridgehead atoms. The van der Waals surface area contributed by atoms with Crippen LogP contribution in [0.5, 0.6) is 11.5 Å². The van der Waals surface area contributed by atoms with Crippen molar-refractivity contribution in [1.29, 1.82) is 0 Å². The van der Waals surface area contributed by atoms with Crippen molar-refractivity contribution in [3.8, 4) is 11.5 Å². The minimum absolute atomic E-state index is 0.0278. The van der Waals surface area contributed by atoms with Gasteiger partial charge in [-0.1, -0.05) is 6.07 Å². The van der Waals surface area contributed by atoms with Gasteiger partial charge >= 0.3 is 0 Å². The summed E-state index contributed by atoms with van der Waals surface area (Å²) in [5.74, 6) is 1.62. The molecule has 0 aliphatic carbocycles. The summed E-state index contributed by atoms with van der Waals surface area (Å²) in [6.45, 7) is 2.49. The SMILES string of the molecule is Cc1ccnc(NC(=O)C2CCC(=O)N2Cc2ccc3c(c2)OCO3)c1. The van der Waals surface area contributed by atoms with Crippen molar-refractivity contribution in [2.45, 2.75) is 32.4 Å². The van der Waals surface area contributed by atoms with Gasteiger partial charge in [-0.05, 0) is 48.7 Å². The maximum Gasteiger partial charge on any atom is 0.248 e. The number of hydrogen-bond donors (Lipinski definition) is 1. The van der Waals surface area contributed by atoms with Gasteiger partial charge in [0, 0.05) is 19.2 Å². The van der Waals surface area contributed by atoms with Crippen LogP contribution in [0.2, 0.25) is 0 Å². The summed E-state index contributed by atoms with van der Waals surface area (Å²) in [6.07, 6.45) is 2.51. The van der Waals surface area contributed by atoms with Crippen molar-refractivity contribution in [1.82, 2.24) is 9.88 Å². The minimum atomic E-state index is -0.504. The first-order chi connectivity index (χ1) is 12.6. The molecule has 0 radical (unpaired) electrons. The summed E-state index contributed by atoms with van der Waals surface area (Å²) in [5, 5.41) is 2.81. The van der Waals surface area contributed by atoms with E-state index in [1.165, 1.54) is 0 Å². The van der Waals surface area contributed by atoms with Crippen LogP contribution in [-0.4, -0.2) is 34.5 Å². The number of carbonyl (C=O) groups excluding carboxylic acids is 2. The minimum Gasteiger partial charge on any atom is -0.454 e. The highest BCUT2D eigenvalue weighted by molar-refractivity contribution is 5.98. The zero-order valence-electron chi connectivity index (χ0n) is 14.4. The second kappa shape index (κ2) is 6.67. The molecule has 2 aliphatic heterocycles. The highest BCUT2D eigenvalue weighted by Gasteiger charge is 2.36. The molecule has 1 saturated heterocycles. The van der Waals surface area contributed by atoms with Gasteiger partial charge in [0.2, 0.25) is 18.6 Å². The van der Waals surface area contributed by atoms with E-state index in [1.807, 2.05) is 31.2 Å². The second-order valence-corrected chi connectivity index (χ2v) is 6.47. The fourth-order valence-corrected chi connectivity index (χ4v) is 3.25. The van der Waals surface area contributed by atoms with Gasteiger partial charge in [0.15, 0.2) is 11.5 Å². The quantitative estimate of drug-likeness (QED) is 0.912. The Morgan fingerprint density at radius 3 is 2.96 bits per heavy atom. The fraction of sp³-hybridized carbons (Fsp3) is 0.316. The molecule has 4 rings (SSSR count). The van der Waals surface area contributed by atoms with Crippen molar-refractivity contribution in [2.75, 3.05) is 12.1 Å². The van der Waals surface area contributed by atoms with E-state index in [2.05, 4.69) is 10.3 Å². The monoisotopic (exact) mass is 353 g/mol. The Bertz CT molecular complexity index is 868. The van der Waals surface area contributed by atoms with Gasteiger partial charge < -0.3 is 19.7 Å². The average Bonchev–Trinajstić information content (AvgIpc) is 3.22. The first kappa shape index (κ1) is 16.4. The maximum atomic E-state index is 12.7. The van der Waals surface area contributed by atoms with Gasteiger partial charge in [-0.25, -0.2) is 4.98 Å². The third-order valence-corrected chi connectivity index (χ3v) is 4.59. The van der Waals surface area contributed by atoms with E-state index in [0.717, 1.165) is 11.1 Å². The fourth-order valence-electron chi connectivity index (χ4n) is 3.25. The lowest BCUT2D eigenvalue weighted by Gasteiger charge is -2.24. The molecule has 0 spiro atoms. The number of hydrogen-bond acceptors (Lipinski definition) is 5. The Balaban J connectivity index is 1.49. The number of benzene rings is 1. The number of amides is 2. The summed E-state index contributed by atoms with van der Waals surface area (Å²) >= 11 is 0. The molecule has 2 aliphatic rings. The summed E-state index contributed by atoms with van der Waals surface area (Å²) in [7, 11) is 0. The standard InChI is InChI=1S/C19H19N3O4/c1-12-6-7-20-17(8-12)21-19(24)14-3-5-18(23)22(14)10-13-2-4-15-16(9-13)26-11-25-15/h2,4,6-9,14H,3,5,10-11H2,1H3,(H,20,21,24). The van der Waals surface area contributed by atoms with Crippen molar-refractivity contribution in [3.05, 3.63) is 47.7 Å². The van der Waals surface area contributed by atoms with Crippen molar-refractivity contribution >= 4 is 17.6 Å². The topological polar surface area (TPSA) is 80.8 Å². The molecule has 1 unspecified atom stereocenters. The molecule has 1 atom stereocenters. The number of rotatable bonds is 4. The first-order valence-corrected chi connectivity index (χ1v) is 8.52. The van der Waals surface area contributed by atoms with E-state index in [-0.39, 0.29) is 18.6 Å². The molecule has 2 amide bonds. The Morgan fingerprint density at radius 2 is 2.12 bits per heavy atom. The largest absolute Gasteiger partial charge is 0.454 e. The number of aryl methyl sites for hydroxylation is 1. The zero-order chi connectivity index (χ0) is 18.1. The van der Waals surface area contributed by atoms with E-state index < -0.39 is 6.04 Å². The second-order valence-electron chi connectivity index (χ2n) is 6.47. The van der Waals surface area contributed by atoms with Crippen LogP contribution in [0.4, 0.5) is 5.82 Å². The lowest BCUT2D eigenvalue weighted by Crippen LogP contribution is -2.41. The molecular weight excluding hydrogens is 334 g/mol. The van der Waals surface area contributed by atoms with Crippen LogP contribution >= 0.6 is 0 Å². The summed E-state index contributed by atoms with van der Waals surface area (Å²) < 4.78 is 10.7. The molecule has 1 N–H and O–H groups in total. The van der Waals surface area contributed by atoms with Crippen LogP contribution in [0.25, 0.3) is 0 Å². The van der Waals surface area contributed by atoms with Crippen LogP contribution in [0.3, 0.4) is 0 Å². The number of aromatic nitrogens is 1. The number of nitrogens with one attached hydrogen (secondary N) is 1. The summed E-state index contributed by atoms with van der Waals surface area (Å²) in [6, 6.07) is 8.72. The van der Waals surface area contributed by atoms with Crippen LogP contribution in [0.1, 0.15) is 24.0 Å². The van der Waals surface area contributed by atoms with Crippen LogP contribution in [0, 0.1) is 6.92 Å². The van der Waals surface area contributed by atoms with E-state index in [4.69, 9.17) is 9.47 Å². The number of ether oxygens (including phenoxy) is 2. The van der Waals surface area contributed by atoms with Crippen molar-refractivity contribution < 1.29 is 19.1 Å². The highest BCUT2D eigenvalue weighted by atomic mass is 16.7. The van der Waals surface area contributed by atoms with Gasteiger partial charge in [-0.15, -0.1) is 0 Å². The molecule has 3 heterocycles.